The maximum absolute atomic E-state index is 12.4. The number of hydrogen-bond acceptors (Lipinski definition) is 2. The summed E-state index contributed by atoms with van der Waals surface area (Å²) in [5, 5.41) is 12.1. The van der Waals surface area contributed by atoms with Crippen LogP contribution in [0.4, 0.5) is 5.69 Å². The van der Waals surface area contributed by atoms with Gasteiger partial charge < -0.3 is 10.4 Å². The molecule has 3 rings (SSSR count). The molecule has 3 heteroatoms. The van der Waals surface area contributed by atoms with E-state index in [-0.39, 0.29) is 12.5 Å². The standard InChI is InChI=1S/C21H19NO2/c1-15-7-8-16(14-23)13-20(15)22-21(24)19-11-9-18(10-12-19)17-5-3-2-4-6-17/h2-13,23H,14H2,1H3,(H,22,24). The predicted octanol–water partition coefficient (Wildman–Crippen LogP) is 4.41. The van der Waals surface area contributed by atoms with Gasteiger partial charge in [-0.1, -0.05) is 54.6 Å². The van der Waals surface area contributed by atoms with Gasteiger partial charge in [-0.25, -0.2) is 0 Å². The van der Waals surface area contributed by atoms with Gasteiger partial charge in [0, 0.05) is 11.3 Å². The molecule has 0 fully saturated rings. The number of carbonyl (C=O) groups is 1. The second-order valence-corrected chi connectivity index (χ2v) is 5.70. The first-order valence-electron chi connectivity index (χ1n) is 7.84. The molecule has 0 aliphatic rings. The smallest absolute Gasteiger partial charge is 0.255 e. The zero-order valence-corrected chi connectivity index (χ0v) is 13.5. The van der Waals surface area contributed by atoms with E-state index in [4.69, 9.17) is 0 Å². The zero-order chi connectivity index (χ0) is 16.9. The number of aliphatic hydroxyl groups excluding tert-OH is 1. The Bertz CT molecular complexity index is 839. The van der Waals surface area contributed by atoms with Crippen LogP contribution in [0.2, 0.25) is 0 Å². The lowest BCUT2D eigenvalue weighted by Gasteiger charge is -2.10. The number of rotatable bonds is 4. The second kappa shape index (κ2) is 7.11. The van der Waals surface area contributed by atoms with Crippen LogP contribution in [-0.4, -0.2) is 11.0 Å². The van der Waals surface area contributed by atoms with Gasteiger partial charge >= 0.3 is 0 Å². The third-order valence-corrected chi connectivity index (χ3v) is 3.99. The first-order chi connectivity index (χ1) is 11.7. The van der Waals surface area contributed by atoms with Gasteiger partial charge in [-0.2, -0.15) is 0 Å². The van der Waals surface area contributed by atoms with Gasteiger partial charge in [0.1, 0.15) is 0 Å². The number of carbonyl (C=O) groups excluding carboxylic acids is 1. The Morgan fingerprint density at radius 3 is 2.25 bits per heavy atom. The van der Waals surface area contributed by atoms with Crippen molar-refractivity contribution in [2.75, 3.05) is 5.32 Å². The lowest BCUT2D eigenvalue weighted by molar-refractivity contribution is 0.102. The van der Waals surface area contributed by atoms with Crippen LogP contribution in [-0.2, 0) is 6.61 Å². The van der Waals surface area contributed by atoms with Crippen molar-refractivity contribution in [1.82, 2.24) is 0 Å². The number of aryl methyl sites for hydroxylation is 1. The van der Waals surface area contributed by atoms with E-state index in [2.05, 4.69) is 5.32 Å². The minimum atomic E-state index is -0.159. The number of aliphatic hydroxyl groups is 1. The molecule has 3 aromatic rings. The Hall–Kier alpha value is -2.91. The first-order valence-corrected chi connectivity index (χ1v) is 7.84. The van der Waals surface area contributed by atoms with Crippen LogP contribution in [0.3, 0.4) is 0 Å². The molecule has 0 saturated heterocycles. The Kier molecular flexibility index (Phi) is 4.73. The fraction of sp³-hybridized carbons (Fsp3) is 0.0952. The molecule has 0 aliphatic heterocycles. The van der Waals surface area contributed by atoms with Crippen molar-refractivity contribution in [3.63, 3.8) is 0 Å². The Morgan fingerprint density at radius 1 is 0.917 bits per heavy atom. The molecule has 120 valence electrons. The second-order valence-electron chi connectivity index (χ2n) is 5.70. The fourth-order valence-electron chi connectivity index (χ4n) is 2.54. The Morgan fingerprint density at radius 2 is 1.58 bits per heavy atom. The molecule has 1 amide bonds. The third kappa shape index (κ3) is 3.53. The quantitative estimate of drug-likeness (QED) is 0.749. The molecule has 2 N–H and O–H groups in total. The summed E-state index contributed by atoms with van der Waals surface area (Å²) < 4.78 is 0. The van der Waals surface area contributed by atoms with E-state index in [0.717, 1.165) is 27.9 Å². The molecule has 0 saturated carbocycles. The van der Waals surface area contributed by atoms with Crippen LogP contribution in [0, 0.1) is 6.92 Å². The summed E-state index contributed by atoms with van der Waals surface area (Å²) in [7, 11) is 0. The molecule has 0 aliphatic carbocycles. The van der Waals surface area contributed by atoms with Crippen molar-refractivity contribution < 1.29 is 9.90 Å². The van der Waals surface area contributed by atoms with E-state index < -0.39 is 0 Å². The summed E-state index contributed by atoms with van der Waals surface area (Å²) in [4.78, 5) is 12.4. The average Bonchev–Trinajstić information content (AvgIpc) is 2.64. The number of nitrogens with one attached hydrogen (secondary N) is 1. The summed E-state index contributed by atoms with van der Waals surface area (Å²) in [5.41, 5.74) is 5.25. The van der Waals surface area contributed by atoms with Crippen LogP contribution in [0.1, 0.15) is 21.5 Å². The zero-order valence-electron chi connectivity index (χ0n) is 13.5. The Labute approximate surface area is 141 Å². The van der Waals surface area contributed by atoms with Gasteiger partial charge in [-0.05, 0) is 47.4 Å². The molecule has 3 aromatic carbocycles. The van der Waals surface area contributed by atoms with E-state index >= 15 is 0 Å². The fourth-order valence-corrected chi connectivity index (χ4v) is 2.54. The van der Waals surface area contributed by atoms with Gasteiger partial charge in [0.25, 0.3) is 5.91 Å². The van der Waals surface area contributed by atoms with Crippen LogP contribution >= 0.6 is 0 Å². The van der Waals surface area contributed by atoms with Gasteiger partial charge in [-0.3, -0.25) is 4.79 Å². The van der Waals surface area contributed by atoms with E-state index in [9.17, 15) is 9.90 Å². The van der Waals surface area contributed by atoms with Crippen LogP contribution in [0.5, 0.6) is 0 Å². The highest BCUT2D eigenvalue weighted by molar-refractivity contribution is 6.04. The minimum absolute atomic E-state index is 0.0467. The van der Waals surface area contributed by atoms with Gasteiger partial charge in [0.05, 0.1) is 6.61 Å². The minimum Gasteiger partial charge on any atom is -0.392 e. The lowest BCUT2D eigenvalue weighted by Crippen LogP contribution is -2.13. The largest absolute Gasteiger partial charge is 0.392 e. The molecule has 0 unspecified atom stereocenters. The summed E-state index contributed by atoms with van der Waals surface area (Å²) in [5.74, 6) is -0.159. The summed E-state index contributed by atoms with van der Waals surface area (Å²) in [6, 6.07) is 23.1. The van der Waals surface area contributed by atoms with Gasteiger partial charge in [0.15, 0.2) is 0 Å². The summed E-state index contributed by atoms with van der Waals surface area (Å²) in [6.45, 7) is 1.88. The number of hydrogen-bond donors (Lipinski definition) is 2. The molecule has 0 aromatic heterocycles. The van der Waals surface area contributed by atoms with E-state index in [1.807, 2.05) is 73.7 Å². The molecule has 24 heavy (non-hydrogen) atoms. The topological polar surface area (TPSA) is 49.3 Å². The molecule has 0 atom stereocenters. The SMILES string of the molecule is Cc1ccc(CO)cc1NC(=O)c1ccc(-c2ccccc2)cc1. The predicted molar refractivity (Wildman–Crippen MR) is 96.9 cm³/mol. The molecule has 0 bridgehead atoms. The Balaban J connectivity index is 1.78. The average molecular weight is 317 g/mol. The molecule has 3 nitrogen and oxygen atoms in total. The van der Waals surface area contributed by atoms with Crippen molar-refractivity contribution in [1.29, 1.82) is 0 Å². The molecular weight excluding hydrogens is 298 g/mol. The van der Waals surface area contributed by atoms with Crippen molar-refractivity contribution >= 4 is 11.6 Å². The lowest BCUT2D eigenvalue weighted by atomic mass is 10.0. The van der Waals surface area contributed by atoms with Crippen LogP contribution in [0.15, 0.2) is 72.8 Å². The highest BCUT2D eigenvalue weighted by Gasteiger charge is 2.09. The maximum Gasteiger partial charge on any atom is 0.255 e. The molecule has 0 heterocycles. The highest BCUT2D eigenvalue weighted by atomic mass is 16.3. The van der Waals surface area contributed by atoms with E-state index in [1.54, 1.807) is 6.07 Å². The first kappa shape index (κ1) is 16.0. The maximum atomic E-state index is 12.4. The van der Waals surface area contributed by atoms with E-state index in [1.165, 1.54) is 0 Å². The highest BCUT2D eigenvalue weighted by Crippen LogP contribution is 2.21. The van der Waals surface area contributed by atoms with Crippen LogP contribution < -0.4 is 5.32 Å². The van der Waals surface area contributed by atoms with Crippen LogP contribution in [0.25, 0.3) is 11.1 Å². The summed E-state index contributed by atoms with van der Waals surface area (Å²) in [6.07, 6.45) is 0. The van der Waals surface area contributed by atoms with Crippen molar-refractivity contribution in [2.45, 2.75) is 13.5 Å². The normalized spacial score (nSPS) is 10.4. The van der Waals surface area contributed by atoms with Gasteiger partial charge in [0.2, 0.25) is 0 Å². The number of amides is 1. The monoisotopic (exact) mass is 317 g/mol. The summed E-state index contributed by atoms with van der Waals surface area (Å²) >= 11 is 0. The molecule has 0 radical (unpaired) electrons. The molecular formula is C21H19NO2. The van der Waals surface area contributed by atoms with Crippen molar-refractivity contribution in [3.8, 4) is 11.1 Å². The molecule has 0 spiro atoms. The number of benzene rings is 3. The van der Waals surface area contributed by atoms with Gasteiger partial charge in [-0.15, -0.1) is 0 Å². The van der Waals surface area contributed by atoms with Crippen molar-refractivity contribution in [3.05, 3.63) is 89.5 Å². The number of anilines is 1. The van der Waals surface area contributed by atoms with E-state index in [0.29, 0.717) is 5.56 Å². The third-order valence-electron chi connectivity index (χ3n) is 3.99. The van der Waals surface area contributed by atoms with Crippen molar-refractivity contribution in [2.24, 2.45) is 0 Å².